The fourth-order valence-electron chi connectivity index (χ4n) is 3.96. The summed E-state index contributed by atoms with van der Waals surface area (Å²) in [5, 5.41) is 0. The topological polar surface area (TPSA) is 75.6 Å². The molecule has 0 bridgehead atoms. The second-order valence-electron chi connectivity index (χ2n) is 7.33. The van der Waals surface area contributed by atoms with E-state index in [0.717, 1.165) is 48.8 Å². The summed E-state index contributed by atoms with van der Waals surface area (Å²) >= 11 is 0. The first kappa shape index (κ1) is 19.1. The number of anilines is 1. The zero-order chi connectivity index (χ0) is 19.7. The molecule has 0 radical (unpaired) electrons. The fraction of sp³-hybridized carbons (Fsp3) is 0.500. The summed E-state index contributed by atoms with van der Waals surface area (Å²) in [7, 11) is -2.02. The summed E-state index contributed by atoms with van der Waals surface area (Å²) in [5.74, 6) is 2.31. The summed E-state index contributed by atoms with van der Waals surface area (Å²) in [5.41, 5.74) is 1.94. The zero-order valence-corrected chi connectivity index (χ0v) is 17.2. The van der Waals surface area contributed by atoms with Crippen molar-refractivity contribution >= 4 is 15.8 Å². The van der Waals surface area contributed by atoms with E-state index in [4.69, 9.17) is 9.72 Å². The Bertz CT molecular complexity index is 954. The molecular formula is C20H26N4O3S. The predicted octanol–water partition coefficient (Wildman–Crippen LogP) is 2.53. The predicted molar refractivity (Wildman–Crippen MR) is 107 cm³/mol. The number of hydrogen-bond donors (Lipinski definition) is 0. The van der Waals surface area contributed by atoms with Crippen molar-refractivity contribution in [3.63, 3.8) is 0 Å². The van der Waals surface area contributed by atoms with Gasteiger partial charge in [0.25, 0.3) is 0 Å². The Labute approximate surface area is 166 Å². The molecule has 0 saturated carbocycles. The highest BCUT2D eigenvalue weighted by molar-refractivity contribution is 7.89. The van der Waals surface area contributed by atoms with Gasteiger partial charge >= 0.3 is 0 Å². The minimum Gasteiger partial charge on any atom is -0.497 e. The Morgan fingerprint density at radius 1 is 1.00 bits per heavy atom. The summed E-state index contributed by atoms with van der Waals surface area (Å²) in [4.78, 5) is 11.9. The van der Waals surface area contributed by atoms with Crippen LogP contribution in [0, 0.1) is 6.92 Å². The summed E-state index contributed by atoms with van der Waals surface area (Å²) < 4.78 is 33.0. The van der Waals surface area contributed by atoms with Crippen LogP contribution < -0.4 is 9.64 Å². The van der Waals surface area contributed by atoms with Crippen LogP contribution in [0.15, 0.2) is 29.2 Å². The van der Waals surface area contributed by atoms with Crippen LogP contribution in [0.3, 0.4) is 0 Å². The third-order valence-electron chi connectivity index (χ3n) is 5.47. The van der Waals surface area contributed by atoms with Crippen LogP contribution in [-0.4, -0.2) is 49.4 Å². The van der Waals surface area contributed by atoms with Crippen LogP contribution in [0.1, 0.15) is 36.3 Å². The number of methoxy groups -OCH3 is 1. The van der Waals surface area contributed by atoms with Crippen molar-refractivity contribution in [1.29, 1.82) is 0 Å². The maximum absolute atomic E-state index is 13.2. The minimum absolute atomic E-state index is 0.282. The quantitative estimate of drug-likeness (QED) is 0.782. The van der Waals surface area contributed by atoms with Gasteiger partial charge in [0.15, 0.2) is 0 Å². The normalized spacial score (nSPS) is 18.0. The van der Waals surface area contributed by atoms with Crippen molar-refractivity contribution < 1.29 is 13.2 Å². The van der Waals surface area contributed by atoms with E-state index in [0.29, 0.717) is 25.3 Å². The van der Waals surface area contributed by atoms with Crippen molar-refractivity contribution in [2.24, 2.45) is 0 Å². The number of aryl methyl sites for hydroxylation is 1. The van der Waals surface area contributed by atoms with Crippen LogP contribution >= 0.6 is 0 Å². The molecule has 4 rings (SSSR count). The van der Waals surface area contributed by atoms with Gasteiger partial charge in [-0.2, -0.15) is 4.31 Å². The molecule has 2 aromatic rings. The highest BCUT2D eigenvalue weighted by Gasteiger charge is 2.32. The third kappa shape index (κ3) is 3.58. The van der Waals surface area contributed by atoms with Gasteiger partial charge in [0, 0.05) is 38.2 Å². The van der Waals surface area contributed by atoms with Gasteiger partial charge in [-0.1, -0.05) is 0 Å². The molecule has 1 aromatic heterocycles. The van der Waals surface area contributed by atoms with E-state index in [2.05, 4.69) is 9.88 Å². The van der Waals surface area contributed by atoms with Crippen molar-refractivity contribution in [2.45, 2.75) is 44.0 Å². The Morgan fingerprint density at radius 3 is 2.39 bits per heavy atom. The largest absolute Gasteiger partial charge is 0.497 e. The van der Waals surface area contributed by atoms with Crippen molar-refractivity contribution in [1.82, 2.24) is 14.3 Å². The molecule has 0 N–H and O–H groups in total. The van der Waals surface area contributed by atoms with E-state index in [1.165, 1.54) is 6.42 Å². The lowest BCUT2D eigenvalue weighted by molar-refractivity contribution is 0.385. The molecule has 2 aliphatic heterocycles. The third-order valence-corrected chi connectivity index (χ3v) is 7.33. The summed E-state index contributed by atoms with van der Waals surface area (Å²) in [6, 6.07) is 6.55. The standard InChI is InChI=1S/C20H26N4O3S/c1-15-21-19-10-13-24(28(25,26)17-8-6-16(27-2)7-9-17)14-18(19)20(22-15)23-11-4-3-5-12-23/h6-9H,3-5,10-14H2,1-2H3. The van der Waals surface area contributed by atoms with Crippen LogP contribution in [-0.2, 0) is 23.0 Å². The van der Waals surface area contributed by atoms with Crippen LogP contribution in [0.25, 0.3) is 0 Å². The molecule has 1 fully saturated rings. The van der Waals surface area contributed by atoms with E-state index >= 15 is 0 Å². The molecule has 1 saturated heterocycles. The minimum atomic E-state index is -3.58. The number of aromatic nitrogens is 2. The second kappa shape index (κ2) is 7.67. The molecule has 1 aromatic carbocycles. The average molecular weight is 403 g/mol. The van der Waals surface area contributed by atoms with Crippen molar-refractivity contribution in [3.05, 3.63) is 41.3 Å². The smallest absolute Gasteiger partial charge is 0.243 e. The summed E-state index contributed by atoms with van der Waals surface area (Å²) in [6.45, 7) is 4.59. The Hall–Kier alpha value is -2.19. The molecule has 0 amide bonds. The van der Waals surface area contributed by atoms with Gasteiger partial charge in [-0.25, -0.2) is 18.4 Å². The SMILES string of the molecule is COc1ccc(S(=O)(=O)N2CCc3nc(C)nc(N4CCCCC4)c3C2)cc1. The Kier molecular flexibility index (Phi) is 5.25. The summed E-state index contributed by atoms with van der Waals surface area (Å²) in [6.07, 6.45) is 4.13. The number of benzene rings is 1. The molecule has 7 nitrogen and oxygen atoms in total. The molecular weight excluding hydrogens is 376 g/mol. The lowest BCUT2D eigenvalue weighted by atomic mass is 10.1. The van der Waals surface area contributed by atoms with Gasteiger partial charge in [0.1, 0.15) is 17.4 Å². The zero-order valence-electron chi connectivity index (χ0n) is 16.4. The van der Waals surface area contributed by atoms with Crippen LogP contribution in [0.2, 0.25) is 0 Å². The van der Waals surface area contributed by atoms with Gasteiger partial charge < -0.3 is 9.64 Å². The first-order chi connectivity index (χ1) is 13.5. The molecule has 8 heteroatoms. The van der Waals surface area contributed by atoms with Crippen LogP contribution in [0.5, 0.6) is 5.75 Å². The maximum Gasteiger partial charge on any atom is 0.243 e. The van der Waals surface area contributed by atoms with E-state index < -0.39 is 10.0 Å². The van der Waals surface area contributed by atoms with Gasteiger partial charge in [0.2, 0.25) is 10.0 Å². The van der Waals surface area contributed by atoms with E-state index in [9.17, 15) is 8.42 Å². The number of piperidine rings is 1. The first-order valence-corrected chi connectivity index (χ1v) is 11.2. The molecule has 3 heterocycles. The lowest BCUT2D eigenvalue weighted by Crippen LogP contribution is -2.39. The number of hydrogen-bond acceptors (Lipinski definition) is 6. The average Bonchev–Trinajstić information content (AvgIpc) is 2.73. The molecule has 0 spiro atoms. The molecule has 0 aliphatic carbocycles. The number of rotatable bonds is 4. The van der Waals surface area contributed by atoms with Gasteiger partial charge in [-0.3, -0.25) is 0 Å². The lowest BCUT2D eigenvalue weighted by Gasteiger charge is -2.34. The number of ether oxygens (including phenoxy) is 1. The Morgan fingerprint density at radius 2 is 1.71 bits per heavy atom. The van der Waals surface area contributed by atoms with Gasteiger partial charge in [0.05, 0.1) is 17.7 Å². The maximum atomic E-state index is 13.2. The number of sulfonamides is 1. The molecule has 2 aliphatic rings. The number of nitrogens with zero attached hydrogens (tertiary/aromatic N) is 4. The van der Waals surface area contributed by atoms with E-state index in [1.54, 1.807) is 35.7 Å². The number of fused-ring (bicyclic) bond motifs is 1. The highest BCUT2D eigenvalue weighted by atomic mass is 32.2. The monoisotopic (exact) mass is 402 g/mol. The van der Waals surface area contributed by atoms with E-state index in [1.807, 2.05) is 6.92 Å². The first-order valence-electron chi connectivity index (χ1n) is 9.74. The molecule has 0 atom stereocenters. The molecule has 150 valence electrons. The second-order valence-corrected chi connectivity index (χ2v) is 9.27. The highest BCUT2D eigenvalue weighted by Crippen LogP contribution is 2.31. The van der Waals surface area contributed by atoms with E-state index in [-0.39, 0.29) is 4.90 Å². The van der Waals surface area contributed by atoms with Crippen molar-refractivity contribution in [2.75, 3.05) is 31.6 Å². The van der Waals surface area contributed by atoms with Gasteiger partial charge in [-0.15, -0.1) is 0 Å². The van der Waals surface area contributed by atoms with Crippen molar-refractivity contribution in [3.8, 4) is 5.75 Å². The molecule has 0 unspecified atom stereocenters. The Balaban J connectivity index is 1.66. The van der Waals surface area contributed by atoms with Crippen LogP contribution in [0.4, 0.5) is 5.82 Å². The molecule has 28 heavy (non-hydrogen) atoms. The van der Waals surface area contributed by atoms with Gasteiger partial charge in [-0.05, 0) is 50.5 Å². The fourth-order valence-corrected chi connectivity index (χ4v) is 5.37.